The monoisotopic (exact) mass is 211 g/mol. The number of likely N-dealkylation sites (N-methyl/N-ethyl adjacent to an activating group) is 1. The van der Waals surface area contributed by atoms with E-state index in [1.807, 2.05) is 0 Å². The number of hydrogen-bond acceptors (Lipinski definition) is 3. The summed E-state index contributed by atoms with van der Waals surface area (Å²) in [5.41, 5.74) is 0. The fourth-order valence-corrected chi connectivity index (χ4v) is 1.58. The van der Waals surface area contributed by atoms with Gasteiger partial charge in [0.1, 0.15) is 6.04 Å². The molecule has 0 saturated carbocycles. The maximum Gasteiger partial charge on any atom is 0.108 e. The summed E-state index contributed by atoms with van der Waals surface area (Å²) in [4.78, 5) is 2.33. The molecule has 0 fully saturated rings. The predicted molar refractivity (Wildman–Crippen MR) is 64.6 cm³/mol. The van der Waals surface area contributed by atoms with E-state index in [0.717, 1.165) is 32.6 Å². The van der Waals surface area contributed by atoms with E-state index in [-0.39, 0.29) is 6.04 Å². The van der Waals surface area contributed by atoms with Crippen molar-refractivity contribution in [1.29, 1.82) is 5.26 Å². The Kier molecular flexibility index (Phi) is 8.35. The predicted octanol–water partition coefficient (Wildman–Crippen LogP) is 1.86. The van der Waals surface area contributed by atoms with Crippen molar-refractivity contribution in [3.05, 3.63) is 0 Å². The van der Waals surface area contributed by atoms with Gasteiger partial charge in [0, 0.05) is 13.1 Å². The normalized spacial score (nSPS) is 13.1. The van der Waals surface area contributed by atoms with Crippen LogP contribution >= 0.6 is 0 Å². The molecule has 88 valence electrons. The molecule has 1 atom stereocenters. The number of hydrogen-bond donors (Lipinski definition) is 1. The van der Waals surface area contributed by atoms with Crippen LogP contribution in [0.1, 0.15) is 34.1 Å². The van der Waals surface area contributed by atoms with Gasteiger partial charge in [-0.3, -0.25) is 0 Å². The lowest BCUT2D eigenvalue weighted by molar-refractivity contribution is 0.242. The summed E-state index contributed by atoms with van der Waals surface area (Å²) in [5, 5.41) is 12.2. The molecule has 0 aromatic rings. The summed E-state index contributed by atoms with van der Waals surface area (Å²) in [6, 6.07) is 2.30. The lowest BCUT2D eigenvalue weighted by Crippen LogP contribution is -2.41. The van der Waals surface area contributed by atoms with Gasteiger partial charge in [-0.2, -0.15) is 5.26 Å². The highest BCUT2D eigenvalue weighted by Crippen LogP contribution is 1.99. The summed E-state index contributed by atoms with van der Waals surface area (Å²) < 4.78 is 0. The lowest BCUT2D eigenvalue weighted by Gasteiger charge is -2.25. The smallest absolute Gasteiger partial charge is 0.108 e. The first-order chi connectivity index (χ1) is 7.13. The molecule has 1 unspecified atom stereocenters. The van der Waals surface area contributed by atoms with Crippen LogP contribution in [0.3, 0.4) is 0 Å². The topological polar surface area (TPSA) is 39.1 Å². The van der Waals surface area contributed by atoms with Gasteiger partial charge in [-0.05, 0) is 25.4 Å². The van der Waals surface area contributed by atoms with E-state index in [4.69, 9.17) is 5.26 Å². The van der Waals surface area contributed by atoms with Gasteiger partial charge in [0.25, 0.3) is 0 Å². The molecule has 3 nitrogen and oxygen atoms in total. The summed E-state index contributed by atoms with van der Waals surface area (Å²) in [7, 11) is 0. The van der Waals surface area contributed by atoms with Gasteiger partial charge in [-0.25, -0.2) is 0 Å². The zero-order chi connectivity index (χ0) is 11.7. The second-order valence-electron chi connectivity index (χ2n) is 4.38. The average Bonchev–Trinajstić information content (AvgIpc) is 2.21. The molecule has 0 aliphatic rings. The molecule has 0 amide bonds. The number of nitriles is 1. The largest absolute Gasteiger partial charge is 0.301 e. The van der Waals surface area contributed by atoms with E-state index in [1.54, 1.807) is 0 Å². The van der Waals surface area contributed by atoms with E-state index in [1.165, 1.54) is 0 Å². The third-order valence-electron chi connectivity index (χ3n) is 2.31. The molecule has 0 radical (unpaired) electrons. The highest BCUT2D eigenvalue weighted by Gasteiger charge is 2.12. The Morgan fingerprint density at radius 2 is 1.93 bits per heavy atom. The van der Waals surface area contributed by atoms with Crippen LogP contribution < -0.4 is 5.32 Å². The van der Waals surface area contributed by atoms with Crippen molar-refractivity contribution in [2.24, 2.45) is 5.92 Å². The van der Waals surface area contributed by atoms with Crippen LogP contribution in [0, 0.1) is 17.2 Å². The quantitative estimate of drug-likeness (QED) is 0.666. The number of nitrogens with zero attached hydrogens (tertiary/aromatic N) is 2. The highest BCUT2D eigenvalue weighted by molar-refractivity contribution is 4.91. The Balaban J connectivity index is 3.95. The first-order valence-electron chi connectivity index (χ1n) is 5.99. The maximum atomic E-state index is 8.99. The third-order valence-corrected chi connectivity index (χ3v) is 2.31. The first-order valence-corrected chi connectivity index (χ1v) is 5.99. The second kappa shape index (κ2) is 8.70. The van der Waals surface area contributed by atoms with Gasteiger partial charge in [0.2, 0.25) is 0 Å². The number of rotatable bonds is 8. The summed E-state index contributed by atoms with van der Waals surface area (Å²) in [5.74, 6) is 0.662. The van der Waals surface area contributed by atoms with E-state index in [2.05, 4.69) is 44.0 Å². The molecular formula is C12H25N3. The van der Waals surface area contributed by atoms with Gasteiger partial charge in [0.15, 0.2) is 0 Å². The van der Waals surface area contributed by atoms with Crippen molar-refractivity contribution >= 4 is 0 Å². The van der Waals surface area contributed by atoms with Gasteiger partial charge >= 0.3 is 0 Å². The van der Waals surface area contributed by atoms with Gasteiger partial charge in [-0.15, -0.1) is 0 Å². The molecule has 0 bridgehead atoms. The van der Waals surface area contributed by atoms with Crippen molar-refractivity contribution < 1.29 is 0 Å². The van der Waals surface area contributed by atoms with E-state index >= 15 is 0 Å². The van der Waals surface area contributed by atoms with Crippen molar-refractivity contribution in [3.8, 4) is 6.07 Å². The Labute approximate surface area is 94.5 Å². The summed E-state index contributed by atoms with van der Waals surface area (Å²) in [6.07, 6.45) is 1.08. The summed E-state index contributed by atoms with van der Waals surface area (Å²) >= 11 is 0. The van der Waals surface area contributed by atoms with Crippen LogP contribution in [0.2, 0.25) is 0 Å². The number of nitrogens with one attached hydrogen (secondary N) is 1. The van der Waals surface area contributed by atoms with Crippen molar-refractivity contribution in [2.75, 3.05) is 26.2 Å². The Morgan fingerprint density at radius 3 is 2.33 bits per heavy atom. The Morgan fingerprint density at radius 1 is 1.27 bits per heavy atom. The van der Waals surface area contributed by atoms with Gasteiger partial charge in [0.05, 0.1) is 6.07 Å². The molecule has 1 N–H and O–H groups in total. The fourth-order valence-electron chi connectivity index (χ4n) is 1.58. The van der Waals surface area contributed by atoms with E-state index < -0.39 is 0 Å². The molecule has 15 heavy (non-hydrogen) atoms. The minimum absolute atomic E-state index is 0.0244. The molecule has 0 aliphatic heterocycles. The molecule has 0 spiro atoms. The summed E-state index contributed by atoms with van der Waals surface area (Å²) in [6.45, 7) is 12.5. The van der Waals surface area contributed by atoms with Crippen LogP contribution in [-0.4, -0.2) is 37.1 Å². The van der Waals surface area contributed by atoms with Crippen LogP contribution in [0.15, 0.2) is 0 Å². The SMILES string of the molecule is CCCNC(C#N)CN(CC)CC(C)C. The zero-order valence-electron chi connectivity index (χ0n) is 10.6. The van der Waals surface area contributed by atoms with E-state index in [9.17, 15) is 0 Å². The molecule has 0 aliphatic carbocycles. The molecule has 3 heteroatoms. The fraction of sp³-hybridized carbons (Fsp3) is 0.917. The van der Waals surface area contributed by atoms with E-state index in [0.29, 0.717) is 5.92 Å². The van der Waals surface area contributed by atoms with Crippen LogP contribution in [0.25, 0.3) is 0 Å². The second-order valence-corrected chi connectivity index (χ2v) is 4.38. The van der Waals surface area contributed by atoms with Crippen molar-refractivity contribution in [2.45, 2.75) is 40.2 Å². The third kappa shape index (κ3) is 7.35. The van der Waals surface area contributed by atoms with Crippen molar-refractivity contribution in [3.63, 3.8) is 0 Å². The van der Waals surface area contributed by atoms with Gasteiger partial charge < -0.3 is 10.2 Å². The molecule has 0 saturated heterocycles. The standard InChI is InChI=1S/C12H25N3/c1-5-7-14-12(8-13)10-15(6-2)9-11(3)4/h11-12,14H,5-7,9-10H2,1-4H3. The molecule has 0 heterocycles. The molecule has 0 aromatic heterocycles. The van der Waals surface area contributed by atoms with Crippen LogP contribution in [0.5, 0.6) is 0 Å². The zero-order valence-corrected chi connectivity index (χ0v) is 10.6. The first kappa shape index (κ1) is 14.4. The maximum absolute atomic E-state index is 8.99. The minimum Gasteiger partial charge on any atom is -0.301 e. The molecule has 0 aromatic carbocycles. The Bertz CT molecular complexity index is 184. The molecule has 0 rings (SSSR count). The highest BCUT2D eigenvalue weighted by atomic mass is 15.1. The Hall–Kier alpha value is -0.590. The minimum atomic E-state index is -0.0244. The lowest BCUT2D eigenvalue weighted by atomic mass is 10.2. The van der Waals surface area contributed by atoms with Crippen molar-refractivity contribution in [1.82, 2.24) is 10.2 Å². The average molecular weight is 211 g/mol. The molecular weight excluding hydrogens is 186 g/mol. The van der Waals surface area contributed by atoms with Crippen LogP contribution in [-0.2, 0) is 0 Å². The van der Waals surface area contributed by atoms with Gasteiger partial charge in [-0.1, -0.05) is 27.7 Å². The van der Waals surface area contributed by atoms with Crippen LogP contribution in [0.4, 0.5) is 0 Å².